The number of sulfonamides is 1. The highest BCUT2D eigenvalue weighted by atomic mass is 35.5. The van der Waals surface area contributed by atoms with Gasteiger partial charge in [-0.25, -0.2) is 13.1 Å². The molecule has 3 aromatic rings. The van der Waals surface area contributed by atoms with Gasteiger partial charge in [-0.05, 0) is 44.2 Å². The first kappa shape index (κ1) is 21.0. The molecule has 1 fully saturated rings. The number of anilines is 1. The van der Waals surface area contributed by atoms with Crippen molar-refractivity contribution in [3.05, 3.63) is 57.8 Å². The van der Waals surface area contributed by atoms with E-state index < -0.39 is 10.0 Å². The van der Waals surface area contributed by atoms with Crippen molar-refractivity contribution in [1.82, 2.24) is 24.3 Å². The van der Waals surface area contributed by atoms with Crippen LogP contribution in [0, 0.1) is 13.8 Å². The molecule has 0 bridgehead atoms. The second-order valence-electron chi connectivity index (χ2n) is 7.03. The zero-order valence-electron chi connectivity index (χ0n) is 16.5. The van der Waals surface area contributed by atoms with Crippen molar-refractivity contribution in [2.24, 2.45) is 0 Å². The summed E-state index contributed by atoms with van der Waals surface area (Å²) in [6.07, 6.45) is 0. The number of hydrogen-bond donors (Lipinski definition) is 0. The fourth-order valence-corrected chi connectivity index (χ4v) is 5.60. The molecule has 0 saturated carbocycles. The zero-order valence-corrected chi connectivity index (χ0v) is 18.8. The molecular weight excluding hydrogens is 447 g/mol. The molecule has 3 heterocycles. The quantitative estimate of drug-likeness (QED) is 0.587. The fraction of sp³-hybridized carbons (Fsp3) is 0.316. The van der Waals surface area contributed by atoms with Gasteiger partial charge in [-0.3, -0.25) is 0 Å². The van der Waals surface area contributed by atoms with Gasteiger partial charge in [0.05, 0.1) is 15.7 Å². The van der Waals surface area contributed by atoms with Crippen molar-refractivity contribution >= 4 is 39.0 Å². The van der Waals surface area contributed by atoms with Gasteiger partial charge in [0.25, 0.3) is 0 Å². The number of halogens is 2. The Labute approximate surface area is 185 Å². The molecule has 1 aliphatic rings. The van der Waals surface area contributed by atoms with Gasteiger partial charge < -0.3 is 4.90 Å². The summed E-state index contributed by atoms with van der Waals surface area (Å²) < 4.78 is 29.1. The molecule has 30 heavy (non-hydrogen) atoms. The van der Waals surface area contributed by atoms with Crippen molar-refractivity contribution in [3.8, 4) is 5.82 Å². The van der Waals surface area contributed by atoms with E-state index in [2.05, 4.69) is 15.3 Å². The Morgan fingerprint density at radius 1 is 0.933 bits per heavy atom. The molecule has 0 unspecified atom stereocenters. The average molecular weight is 467 g/mol. The van der Waals surface area contributed by atoms with E-state index in [0.29, 0.717) is 37.8 Å². The van der Waals surface area contributed by atoms with Crippen molar-refractivity contribution < 1.29 is 8.42 Å². The molecule has 0 N–H and O–H groups in total. The molecule has 0 spiro atoms. The van der Waals surface area contributed by atoms with Gasteiger partial charge in [-0.15, -0.1) is 10.2 Å². The van der Waals surface area contributed by atoms with E-state index in [1.165, 1.54) is 10.4 Å². The summed E-state index contributed by atoms with van der Waals surface area (Å²) in [7, 11) is -3.72. The normalized spacial score (nSPS) is 15.5. The van der Waals surface area contributed by atoms with E-state index in [4.69, 9.17) is 23.2 Å². The number of nitrogens with zero attached hydrogens (tertiary/aromatic N) is 6. The number of rotatable bonds is 4. The molecule has 1 aromatic carbocycles. The molecule has 0 aliphatic carbocycles. The Balaban J connectivity index is 1.47. The summed E-state index contributed by atoms with van der Waals surface area (Å²) in [6, 6.07) is 10.3. The number of benzene rings is 1. The van der Waals surface area contributed by atoms with Crippen molar-refractivity contribution in [2.75, 3.05) is 31.1 Å². The van der Waals surface area contributed by atoms with Gasteiger partial charge in [0.15, 0.2) is 11.6 Å². The molecule has 0 radical (unpaired) electrons. The molecule has 158 valence electrons. The largest absolute Gasteiger partial charge is 0.352 e. The lowest BCUT2D eigenvalue weighted by molar-refractivity contribution is 0.383. The average Bonchev–Trinajstić information content (AvgIpc) is 3.08. The first-order valence-corrected chi connectivity index (χ1v) is 11.5. The van der Waals surface area contributed by atoms with Crippen LogP contribution in [-0.4, -0.2) is 58.9 Å². The van der Waals surface area contributed by atoms with E-state index in [1.807, 2.05) is 36.9 Å². The predicted molar refractivity (Wildman–Crippen MR) is 116 cm³/mol. The minimum Gasteiger partial charge on any atom is -0.352 e. The first-order chi connectivity index (χ1) is 14.3. The van der Waals surface area contributed by atoms with E-state index in [0.717, 1.165) is 11.4 Å². The van der Waals surface area contributed by atoms with Gasteiger partial charge in [0, 0.05) is 31.9 Å². The Hall–Kier alpha value is -2.20. The lowest BCUT2D eigenvalue weighted by Gasteiger charge is -2.34. The summed E-state index contributed by atoms with van der Waals surface area (Å²) >= 11 is 12.1. The van der Waals surface area contributed by atoms with Gasteiger partial charge >= 0.3 is 0 Å². The van der Waals surface area contributed by atoms with Gasteiger partial charge in [0.1, 0.15) is 4.90 Å². The maximum Gasteiger partial charge on any atom is 0.244 e. The van der Waals surface area contributed by atoms with Gasteiger partial charge in [0.2, 0.25) is 10.0 Å². The molecular formula is C19H20Cl2N6O2S. The fourth-order valence-electron chi connectivity index (χ4n) is 3.44. The highest BCUT2D eigenvalue weighted by Crippen LogP contribution is 2.31. The third kappa shape index (κ3) is 3.90. The van der Waals surface area contributed by atoms with Crippen LogP contribution >= 0.6 is 23.2 Å². The first-order valence-electron chi connectivity index (χ1n) is 9.34. The maximum atomic E-state index is 13.0. The standard InChI is InChI=1S/C19H20Cl2N6O2S/c1-13-12-14(2)27(24-13)18-7-6-17(22-23-18)25-8-10-26(11-9-25)30(28,29)16-5-3-4-15(20)19(16)21/h3-7,12H,8-11H2,1-2H3. The highest BCUT2D eigenvalue weighted by Gasteiger charge is 2.31. The van der Waals surface area contributed by atoms with Crippen molar-refractivity contribution in [3.63, 3.8) is 0 Å². The summed E-state index contributed by atoms with van der Waals surface area (Å²) in [6.45, 7) is 5.49. The summed E-state index contributed by atoms with van der Waals surface area (Å²) in [4.78, 5) is 2.03. The molecule has 11 heteroatoms. The van der Waals surface area contributed by atoms with Crippen LogP contribution in [0.4, 0.5) is 5.82 Å². The van der Waals surface area contributed by atoms with Crippen LogP contribution < -0.4 is 4.90 Å². The van der Waals surface area contributed by atoms with Crippen molar-refractivity contribution in [2.45, 2.75) is 18.7 Å². The van der Waals surface area contributed by atoms with Crippen LogP contribution in [0.15, 0.2) is 41.3 Å². The lowest BCUT2D eigenvalue weighted by atomic mass is 10.3. The Bertz CT molecular complexity index is 1170. The third-order valence-electron chi connectivity index (χ3n) is 4.96. The van der Waals surface area contributed by atoms with E-state index in [9.17, 15) is 8.42 Å². The minimum atomic E-state index is -3.72. The second-order valence-corrected chi connectivity index (χ2v) is 9.72. The molecule has 0 atom stereocenters. The van der Waals surface area contributed by atoms with E-state index in [1.54, 1.807) is 16.8 Å². The summed E-state index contributed by atoms with van der Waals surface area (Å²) in [5.41, 5.74) is 1.89. The zero-order chi connectivity index (χ0) is 21.5. The predicted octanol–water partition coefficient (Wildman–Crippen LogP) is 3.10. The molecule has 1 saturated heterocycles. The highest BCUT2D eigenvalue weighted by molar-refractivity contribution is 7.89. The Kier molecular flexibility index (Phi) is 5.71. The van der Waals surface area contributed by atoms with Gasteiger partial charge in [-0.1, -0.05) is 29.3 Å². The van der Waals surface area contributed by atoms with Crippen LogP contribution in [0.2, 0.25) is 10.0 Å². The summed E-state index contributed by atoms with van der Waals surface area (Å²) in [5.74, 6) is 1.33. The number of aromatic nitrogens is 4. The van der Waals surface area contributed by atoms with Crippen LogP contribution in [-0.2, 0) is 10.0 Å². The maximum absolute atomic E-state index is 13.0. The SMILES string of the molecule is Cc1cc(C)n(-c2ccc(N3CCN(S(=O)(=O)c4cccc(Cl)c4Cl)CC3)nn2)n1. The Morgan fingerprint density at radius 3 is 2.20 bits per heavy atom. The Morgan fingerprint density at radius 2 is 1.60 bits per heavy atom. The number of aryl methyl sites for hydroxylation is 2. The topological polar surface area (TPSA) is 84.2 Å². The van der Waals surface area contributed by atoms with Crippen LogP contribution in [0.3, 0.4) is 0 Å². The minimum absolute atomic E-state index is 0.0270. The molecule has 0 amide bonds. The number of piperazine rings is 1. The monoisotopic (exact) mass is 466 g/mol. The molecule has 8 nitrogen and oxygen atoms in total. The van der Waals surface area contributed by atoms with Crippen LogP contribution in [0.1, 0.15) is 11.4 Å². The smallest absolute Gasteiger partial charge is 0.244 e. The van der Waals surface area contributed by atoms with E-state index in [-0.39, 0.29) is 14.9 Å². The summed E-state index contributed by atoms with van der Waals surface area (Å²) in [5, 5.41) is 13.3. The van der Waals surface area contributed by atoms with Gasteiger partial charge in [-0.2, -0.15) is 9.40 Å². The van der Waals surface area contributed by atoms with Crippen LogP contribution in [0.25, 0.3) is 5.82 Å². The second kappa shape index (κ2) is 8.14. The third-order valence-corrected chi connectivity index (χ3v) is 7.83. The molecule has 2 aromatic heterocycles. The molecule has 1 aliphatic heterocycles. The molecule has 4 rings (SSSR count). The van der Waals surface area contributed by atoms with Crippen LogP contribution in [0.5, 0.6) is 0 Å². The number of hydrogen-bond acceptors (Lipinski definition) is 6. The lowest BCUT2D eigenvalue weighted by Crippen LogP contribution is -2.49. The van der Waals surface area contributed by atoms with Crippen molar-refractivity contribution in [1.29, 1.82) is 0 Å². The van der Waals surface area contributed by atoms with E-state index >= 15 is 0 Å².